The minimum absolute atomic E-state index is 0.322. The van der Waals surface area contributed by atoms with Crippen LogP contribution in [0, 0.1) is 0 Å². The molecule has 120 valence electrons. The standard InChI is InChI=1S/C19H16N2O2S/c1-21-18(20-10-16(22)19(21)23)13-6-4-5-12(9-13)15-11-24-17-8-3-2-7-14(15)17/h2-3,5,7-11,22H,4,6H2,1H3. The zero-order valence-electron chi connectivity index (χ0n) is 13.2. The molecule has 0 fully saturated rings. The highest BCUT2D eigenvalue weighted by molar-refractivity contribution is 7.17. The van der Waals surface area contributed by atoms with E-state index in [0.717, 1.165) is 24.0 Å². The highest BCUT2D eigenvalue weighted by Gasteiger charge is 2.16. The molecule has 2 heterocycles. The van der Waals surface area contributed by atoms with Crippen LogP contribution in [0.2, 0.25) is 0 Å². The Morgan fingerprint density at radius 2 is 2.12 bits per heavy atom. The van der Waals surface area contributed by atoms with Crippen molar-refractivity contribution in [1.82, 2.24) is 9.55 Å². The van der Waals surface area contributed by atoms with Crippen LogP contribution in [0.15, 0.2) is 52.8 Å². The fourth-order valence-corrected chi connectivity index (χ4v) is 4.07. The molecule has 4 nitrogen and oxygen atoms in total. The molecule has 0 bridgehead atoms. The third-order valence-corrected chi connectivity index (χ3v) is 5.30. The van der Waals surface area contributed by atoms with Gasteiger partial charge in [-0.05, 0) is 47.1 Å². The van der Waals surface area contributed by atoms with Crippen LogP contribution < -0.4 is 5.56 Å². The van der Waals surface area contributed by atoms with E-state index in [4.69, 9.17) is 0 Å². The fourth-order valence-electron chi connectivity index (χ4n) is 3.10. The Morgan fingerprint density at radius 1 is 1.29 bits per heavy atom. The fraction of sp³-hybridized carbons (Fsp3) is 0.158. The number of hydrogen-bond acceptors (Lipinski definition) is 4. The van der Waals surface area contributed by atoms with Crippen molar-refractivity contribution in [3.05, 3.63) is 69.7 Å². The maximum atomic E-state index is 11.9. The predicted molar refractivity (Wildman–Crippen MR) is 98.2 cm³/mol. The van der Waals surface area contributed by atoms with Gasteiger partial charge in [0.2, 0.25) is 0 Å². The average Bonchev–Trinajstić information content (AvgIpc) is 3.04. The summed E-state index contributed by atoms with van der Waals surface area (Å²) in [5, 5.41) is 12.9. The lowest BCUT2D eigenvalue weighted by atomic mass is 9.94. The van der Waals surface area contributed by atoms with Gasteiger partial charge in [-0.2, -0.15) is 0 Å². The minimum atomic E-state index is -0.419. The molecule has 0 aliphatic heterocycles. The number of benzene rings is 1. The normalized spacial score (nSPS) is 14.5. The molecule has 0 unspecified atom stereocenters. The van der Waals surface area contributed by atoms with Crippen molar-refractivity contribution in [2.24, 2.45) is 7.05 Å². The molecule has 0 atom stereocenters. The minimum Gasteiger partial charge on any atom is -0.502 e. The summed E-state index contributed by atoms with van der Waals surface area (Å²) in [6.45, 7) is 0. The summed E-state index contributed by atoms with van der Waals surface area (Å²) in [6.07, 6.45) is 7.31. The maximum Gasteiger partial charge on any atom is 0.295 e. The van der Waals surface area contributed by atoms with Gasteiger partial charge >= 0.3 is 0 Å². The van der Waals surface area contributed by atoms with Crippen molar-refractivity contribution in [1.29, 1.82) is 0 Å². The van der Waals surface area contributed by atoms with E-state index in [1.807, 2.05) is 0 Å². The molecule has 1 aliphatic rings. The summed E-state index contributed by atoms with van der Waals surface area (Å²) in [4.78, 5) is 16.2. The third kappa shape index (κ3) is 2.37. The molecule has 0 radical (unpaired) electrons. The van der Waals surface area contributed by atoms with Crippen molar-refractivity contribution in [2.75, 3.05) is 0 Å². The van der Waals surface area contributed by atoms with Crippen molar-refractivity contribution in [3.8, 4) is 5.75 Å². The second-order valence-electron chi connectivity index (χ2n) is 5.84. The van der Waals surface area contributed by atoms with Gasteiger partial charge in [-0.1, -0.05) is 24.3 Å². The molecule has 0 saturated heterocycles. The Morgan fingerprint density at radius 3 is 3.00 bits per heavy atom. The molecule has 4 rings (SSSR count). The monoisotopic (exact) mass is 336 g/mol. The Bertz CT molecular complexity index is 1060. The molecule has 0 saturated carbocycles. The molecule has 1 aliphatic carbocycles. The number of thiophene rings is 1. The van der Waals surface area contributed by atoms with Gasteiger partial charge in [0.1, 0.15) is 5.82 Å². The molecule has 0 amide bonds. The molecular weight excluding hydrogens is 320 g/mol. The number of allylic oxidation sites excluding steroid dienone is 4. The zero-order valence-corrected chi connectivity index (χ0v) is 14.0. The molecule has 5 heteroatoms. The summed E-state index contributed by atoms with van der Waals surface area (Å²) < 4.78 is 2.68. The van der Waals surface area contributed by atoms with Gasteiger partial charge in [-0.3, -0.25) is 9.36 Å². The molecule has 3 aromatic rings. The second-order valence-corrected chi connectivity index (χ2v) is 6.76. The van der Waals surface area contributed by atoms with Crippen molar-refractivity contribution in [2.45, 2.75) is 12.8 Å². The smallest absolute Gasteiger partial charge is 0.295 e. The van der Waals surface area contributed by atoms with E-state index in [-0.39, 0.29) is 5.75 Å². The first kappa shape index (κ1) is 14.9. The van der Waals surface area contributed by atoms with Crippen LogP contribution in [0.3, 0.4) is 0 Å². The molecule has 0 spiro atoms. The van der Waals surface area contributed by atoms with Crippen LogP contribution in [0.5, 0.6) is 5.75 Å². The number of rotatable bonds is 2. The van der Waals surface area contributed by atoms with E-state index >= 15 is 0 Å². The van der Waals surface area contributed by atoms with Gasteiger partial charge in [0.15, 0.2) is 5.75 Å². The number of aromatic hydroxyl groups is 1. The first-order valence-electron chi connectivity index (χ1n) is 7.78. The summed E-state index contributed by atoms with van der Waals surface area (Å²) in [5.41, 5.74) is 2.98. The summed E-state index contributed by atoms with van der Waals surface area (Å²) in [7, 11) is 1.64. The first-order valence-corrected chi connectivity index (χ1v) is 8.66. The van der Waals surface area contributed by atoms with E-state index in [1.165, 1.54) is 26.4 Å². The van der Waals surface area contributed by atoms with Crippen LogP contribution in [-0.2, 0) is 7.05 Å². The number of fused-ring (bicyclic) bond motifs is 1. The lowest BCUT2D eigenvalue weighted by Gasteiger charge is -2.15. The summed E-state index contributed by atoms with van der Waals surface area (Å²) >= 11 is 1.74. The number of hydrogen-bond donors (Lipinski definition) is 1. The van der Waals surface area contributed by atoms with Crippen LogP contribution in [0.1, 0.15) is 24.2 Å². The van der Waals surface area contributed by atoms with Crippen LogP contribution in [-0.4, -0.2) is 14.7 Å². The van der Waals surface area contributed by atoms with Gasteiger partial charge in [0, 0.05) is 17.1 Å². The van der Waals surface area contributed by atoms with Crippen molar-refractivity contribution < 1.29 is 5.11 Å². The van der Waals surface area contributed by atoms with Gasteiger partial charge in [-0.25, -0.2) is 4.98 Å². The van der Waals surface area contributed by atoms with Gasteiger partial charge < -0.3 is 5.11 Å². The van der Waals surface area contributed by atoms with E-state index in [2.05, 4.69) is 46.8 Å². The quantitative estimate of drug-likeness (QED) is 0.770. The number of aromatic nitrogens is 2. The van der Waals surface area contributed by atoms with Crippen molar-refractivity contribution in [3.63, 3.8) is 0 Å². The Kier molecular flexibility index (Phi) is 3.58. The SMILES string of the molecule is Cn1c(C2=CC(c3csc4ccccc34)=CCC2)ncc(O)c1=O. The molecule has 1 aromatic carbocycles. The average molecular weight is 336 g/mol. The lowest BCUT2D eigenvalue weighted by Crippen LogP contribution is -2.21. The lowest BCUT2D eigenvalue weighted by molar-refractivity contribution is 0.456. The predicted octanol–water partition coefficient (Wildman–Crippen LogP) is 3.96. The van der Waals surface area contributed by atoms with Gasteiger partial charge in [0.05, 0.1) is 6.20 Å². The van der Waals surface area contributed by atoms with E-state index in [0.29, 0.717) is 5.82 Å². The molecule has 2 aromatic heterocycles. The van der Waals surface area contributed by atoms with E-state index in [9.17, 15) is 9.90 Å². The van der Waals surface area contributed by atoms with E-state index in [1.54, 1.807) is 18.4 Å². The zero-order chi connectivity index (χ0) is 16.7. The maximum absolute atomic E-state index is 11.9. The van der Waals surface area contributed by atoms with Gasteiger partial charge in [-0.15, -0.1) is 11.3 Å². The van der Waals surface area contributed by atoms with Gasteiger partial charge in [0.25, 0.3) is 5.56 Å². The van der Waals surface area contributed by atoms with E-state index < -0.39 is 5.56 Å². The topological polar surface area (TPSA) is 55.1 Å². The second kappa shape index (κ2) is 5.76. The molecule has 24 heavy (non-hydrogen) atoms. The third-order valence-electron chi connectivity index (χ3n) is 4.34. The first-order chi connectivity index (χ1) is 11.6. The highest BCUT2D eigenvalue weighted by atomic mass is 32.1. The van der Waals surface area contributed by atoms with Crippen LogP contribution in [0.4, 0.5) is 0 Å². The Hall–Kier alpha value is -2.66. The van der Waals surface area contributed by atoms with Crippen molar-refractivity contribution >= 4 is 32.6 Å². The highest BCUT2D eigenvalue weighted by Crippen LogP contribution is 2.36. The Labute approximate surface area is 143 Å². The number of nitrogens with zero attached hydrogens (tertiary/aromatic N) is 2. The molecular formula is C19H16N2O2S. The Balaban J connectivity index is 1.82. The van der Waals surface area contributed by atoms with Crippen LogP contribution >= 0.6 is 11.3 Å². The molecule has 1 N–H and O–H groups in total. The summed E-state index contributed by atoms with van der Waals surface area (Å²) in [6, 6.07) is 8.37. The van der Waals surface area contributed by atoms with Crippen LogP contribution in [0.25, 0.3) is 21.2 Å². The summed E-state index contributed by atoms with van der Waals surface area (Å²) in [5.74, 6) is 0.292. The largest absolute Gasteiger partial charge is 0.502 e.